The smallest absolute Gasteiger partial charge is 0.309 e. The summed E-state index contributed by atoms with van der Waals surface area (Å²) >= 11 is 0. The Morgan fingerprint density at radius 3 is 2.81 bits per heavy atom. The minimum atomic E-state index is -0.909. The van der Waals surface area contributed by atoms with E-state index in [1.165, 1.54) is 0 Å². The third-order valence-corrected chi connectivity index (χ3v) is 2.48. The van der Waals surface area contributed by atoms with Gasteiger partial charge in [-0.1, -0.05) is 12.1 Å². The van der Waals surface area contributed by atoms with E-state index in [4.69, 9.17) is 9.84 Å². The quantitative estimate of drug-likeness (QED) is 0.785. The van der Waals surface area contributed by atoms with Gasteiger partial charge in [-0.2, -0.15) is 0 Å². The zero-order chi connectivity index (χ0) is 12.1. The first-order valence-electron chi connectivity index (χ1n) is 5.23. The Morgan fingerprint density at radius 1 is 1.62 bits per heavy atom. The molecule has 0 amide bonds. The highest BCUT2D eigenvalue weighted by atomic mass is 16.5. The van der Waals surface area contributed by atoms with Crippen LogP contribution in [0.25, 0.3) is 0 Å². The Bertz CT molecular complexity index is 362. The zero-order valence-corrected chi connectivity index (χ0v) is 9.80. The number of methoxy groups -OCH3 is 1. The molecule has 0 bridgehead atoms. The topological polar surface area (TPSA) is 77.2 Å². The lowest BCUT2D eigenvalue weighted by atomic mass is 10.2. The normalized spacial score (nSPS) is 12.7. The summed E-state index contributed by atoms with van der Waals surface area (Å²) in [5, 5.41) is 16.6. The second-order valence-corrected chi connectivity index (χ2v) is 3.69. The van der Waals surface area contributed by atoms with Crippen molar-refractivity contribution in [2.75, 3.05) is 7.11 Å². The minimum absolute atomic E-state index is 0.116. The van der Waals surface area contributed by atoms with Gasteiger partial charge in [0.15, 0.2) is 0 Å². The molecule has 0 radical (unpaired) electrons. The van der Waals surface area contributed by atoms with Crippen molar-refractivity contribution in [3.8, 4) is 0 Å². The van der Waals surface area contributed by atoms with Gasteiger partial charge in [0.1, 0.15) is 0 Å². The lowest BCUT2D eigenvalue weighted by molar-refractivity contribution is -0.136. The van der Waals surface area contributed by atoms with Crippen LogP contribution >= 0.6 is 0 Å². The molecule has 0 aliphatic heterocycles. The molecule has 0 spiro atoms. The number of rotatable bonds is 6. The van der Waals surface area contributed by atoms with E-state index in [1.54, 1.807) is 11.8 Å². The maximum Gasteiger partial charge on any atom is 0.309 e. The van der Waals surface area contributed by atoms with E-state index in [0.29, 0.717) is 12.3 Å². The van der Waals surface area contributed by atoms with Crippen LogP contribution in [0.2, 0.25) is 0 Å². The molecule has 1 rings (SSSR count). The number of carboxylic acids is 1. The van der Waals surface area contributed by atoms with Crippen LogP contribution in [0.3, 0.4) is 0 Å². The van der Waals surface area contributed by atoms with Crippen LogP contribution in [0.1, 0.15) is 37.7 Å². The van der Waals surface area contributed by atoms with Gasteiger partial charge in [-0.15, -0.1) is 5.10 Å². The monoisotopic (exact) mass is 227 g/mol. The summed E-state index contributed by atoms with van der Waals surface area (Å²) in [6.45, 7) is 4.39. The average Bonchev–Trinajstić information content (AvgIpc) is 2.61. The van der Waals surface area contributed by atoms with Crippen molar-refractivity contribution < 1.29 is 14.6 Å². The fourth-order valence-electron chi connectivity index (χ4n) is 1.44. The summed E-state index contributed by atoms with van der Waals surface area (Å²) in [5.74, 6) is -0.909. The Hall–Kier alpha value is -1.43. The highest BCUT2D eigenvalue weighted by Gasteiger charge is 2.17. The van der Waals surface area contributed by atoms with Gasteiger partial charge in [0.05, 0.1) is 30.5 Å². The molecule has 0 saturated carbocycles. The van der Waals surface area contributed by atoms with Crippen molar-refractivity contribution in [2.45, 2.75) is 39.3 Å². The molecule has 1 heterocycles. The largest absolute Gasteiger partial charge is 0.481 e. The van der Waals surface area contributed by atoms with Gasteiger partial charge in [-0.05, 0) is 13.3 Å². The van der Waals surface area contributed by atoms with E-state index >= 15 is 0 Å². The number of ether oxygens (including phenoxy) is 1. The van der Waals surface area contributed by atoms with E-state index in [9.17, 15) is 4.79 Å². The van der Waals surface area contributed by atoms with Gasteiger partial charge in [-0.25, -0.2) is 4.68 Å². The van der Waals surface area contributed by atoms with Gasteiger partial charge in [0, 0.05) is 7.11 Å². The molecular formula is C10H17N3O3. The zero-order valence-electron chi connectivity index (χ0n) is 9.80. The molecular weight excluding hydrogens is 210 g/mol. The van der Waals surface area contributed by atoms with Crippen LogP contribution in [-0.4, -0.2) is 33.2 Å². The summed E-state index contributed by atoms with van der Waals surface area (Å²) in [7, 11) is 1.57. The first-order valence-corrected chi connectivity index (χ1v) is 5.23. The number of carbonyl (C=O) groups is 1. The number of aromatic nitrogens is 3. The summed E-state index contributed by atoms with van der Waals surface area (Å²) in [6, 6.07) is 0.195. The van der Waals surface area contributed by atoms with Gasteiger partial charge >= 0.3 is 5.97 Å². The number of hydrogen-bond donors (Lipinski definition) is 1. The predicted octanol–water partition coefficient (Wildman–Crippen LogP) is 1.02. The molecule has 0 fully saturated rings. The average molecular weight is 227 g/mol. The Morgan fingerprint density at radius 2 is 2.31 bits per heavy atom. The highest BCUT2D eigenvalue weighted by Crippen LogP contribution is 2.16. The van der Waals surface area contributed by atoms with Crippen molar-refractivity contribution in [2.24, 2.45) is 0 Å². The second kappa shape index (κ2) is 5.60. The van der Waals surface area contributed by atoms with Crippen molar-refractivity contribution in [1.29, 1.82) is 0 Å². The molecule has 6 nitrogen and oxygen atoms in total. The van der Waals surface area contributed by atoms with Gasteiger partial charge in [-0.3, -0.25) is 4.79 Å². The molecule has 0 saturated heterocycles. The van der Waals surface area contributed by atoms with Crippen LogP contribution in [0.4, 0.5) is 0 Å². The number of carboxylic acid groups (broad SMARTS) is 1. The maximum absolute atomic E-state index is 10.7. The van der Waals surface area contributed by atoms with Crippen LogP contribution in [0.15, 0.2) is 0 Å². The number of nitrogens with zero attached hydrogens (tertiary/aromatic N) is 3. The summed E-state index contributed by atoms with van der Waals surface area (Å²) in [4.78, 5) is 10.7. The molecule has 0 aromatic carbocycles. The maximum atomic E-state index is 10.7. The van der Waals surface area contributed by atoms with Gasteiger partial charge < -0.3 is 9.84 Å². The van der Waals surface area contributed by atoms with Crippen LogP contribution in [0.5, 0.6) is 0 Å². The van der Waals surface area contributed by atoms with Crippen LogP contribution in [-0.2, 0) is 22.6 Å². The van der Waals surface area contributed by atoms with Gasteiger partial charge in [0.25, 0.3) is 0 Å². The summed E-state index contributed by atoms with van der Waals surface area (Å²) < 4.78 is 6.79. The van der Waals surface area contributed by atoms with E-state index in [1.807, 2.05) is 13.8 Å². The SMILES string of the molecule is CCC(C)n1nnc(CC(=O)O)c1COC. The molecule has 90 valence electrons. The number of hydrogen-bond acceptors (Lipinski definition) is 4. The second-order valence-electron chi connectivity index (χ2n) is 3.69. The van der Waals surface area contributed by atoms with Crippen molar-refractivity contribution in [3.05, 3.63) is 11.4 Å². The molecule has 1 aromatic heterocycles. The first-order chi connectivity index (χ1) is 7.60. The Kier molecular flexibility index (Phi) is 4.42. The highest BCUT2D eigenvalue weighted by molar-refractivity contribution is 5.69. The van der Waals surface area contributed by atoms with Crippen molar-refractivity contribution in [1.82, 2.24) is 15.0 Å². The fourth-order valence-corrected chi connectivity index (χ4v) is 1.44. The van der Waals surface area contributed by atoms with Crippen molar-refractivity contribution >= 4 is 5.97 Å². The van der Waals surface area contributed by atoms with E-state index in [-0.39, 0.29) is 12.5 Å². The molecule has 0 aliphatic rings. The molecule has 6 heteroatoms. The molecule has 16 heavy (non-hydrogen) atoms. The number of aliphatic carboxylic acids is 1. The third-order valence-electron chi connectivity index (χ3n) is 2.48. The Labute approximate surface area is 94.2 Å². The molecule has 1 N–H and O–H groups in total. The molecule has 1 unspecified atom stereocenters. The van der Waals surface area contributed by atoms with Crippen LogP contribution < -0.4 is 0 Å². The van der Waals surface area contributed by atoms with Gasteiger partial charge in [0.2, 0.25) is 0 Å². The minimum Gasteiger partial charge on any atom is -0.481 e. The third kappa shape index (κ3) is 2.79. The fraction of sp³-hybridized carbons (Fsp3) is 0.700. The first kappa shape index (κ1) is 12.6. The van der Waals surface area contributed by atoms with E-state index < -0.39 is 5.97 Å². The lowest BCUT2D eigenvalue weighted by Gasteiger charge is -2.12. The summed E-state index contributed by atoms with van der Waals surface area (Å²) in [5.41, 5.74) is 1.23. The van der Waals surface area contributed by atoms with Crippen molar-refractivity contribution in [3.63, 3.8) is 0 Å². The van der Waals surface area contributed by atoms with E-state index in [0.717, 1.165) is 12.1 Å². The summed E-state index contributed by atoms with van der Waals surface area (Å²) in [6.07, 6.45) is 0.793. The molecule has 0 aliphatic carbocycles. The van der Waals surface area contributed by atoms with Crippen LogP contribution in [0, 0.1) is 0 Å². The van der Waals surface area contributed by atoms with E-state index in [2.05, 4.69) is 10.3 Å². The predicted molar refractivity (Wildman–Crippen MR) is 57.1 cm³/mol. The standard InChI is InChI=1S/C10H17N3O3/c1-4-7(2)13-9(6-16-3)8(11-12-13)5-10(14)15/h7H,4-6H2,1-3H3,(H,14,15). The Balaban J connectivity index is 3.00. The lowest BCUT2D eigenvalue weighted by Crippen LogP contribution is -2.12. The molecule has 1 atom stereocenters. The molecule has 1 aromatic rings.